The van der Waals surface area contributed by atoms with E-state index in [9.17, 15) is 9.59 Å². The largest absolute Gasteiger partial charge is 0.300 e. The summed E-state index contributed by atoms with van der Waals surface area (Å²) in [4.78, 5) is 34.0. The summed E-state index contributed by atoms with van der Waals surface area (Å²) >= 11 is 0. The summed E-state index contributed by atoms with van der Waals surface area (Å²) < 4.78 is 0. The van der Waals surface area contributed by atoms with Gasteiger partial charge in [-0.2, -0.15) is 0 Å². The van der Waals surface area contributed by atoms with E-state index in [1.54, 1.807) is 4.90 Å². The molecule has 0 radical (unpaired) electrons. The number of hydrogen-bond donors (Lipinski definition) is 0. The monoisotopic (exact) mass is 401 g/mol. The molecule has 0 aliphatic carbocycles. The molecule has 1 aromatic heterocycles. The topological polar surface area (TPSA) is 53.5 Å². The van der Waals surface area contributed by atoms with E-state index >= 15 is 0 Å². The quantitative estimate of drug-likeness (QED) is 0.719. The van der Waals surface area contributed by atoms with Crippen LogP contribution in [0.2, 0.25) is 0 Å². The van der Waals surface area contributed by atoms with Gasteiger partial charge in [0.1, 0.15) is 0 Å². The molecule has 1 unspecified atom stereocenters. The second-order valence-corrected chi connectivity index (χ2v) is 9.27. The summed E-state index contributed by atoms with van der Waals surface area (Å²) in [7, 11) is 0. The van der Waals surface area contributed by atoms with Crippen molar-refractivity contribution in [2.24, 2.45) is 0 Å². The lowest BCUT2D eigenvalue weighted by Crippen LogP contribution is -2.48. The first-order valence-electron chi connectivity index (χ1n) is 10.8. The number of ketones is 1. The van der Waals surface area contributed by atoms with E-state index < -0.39 is 11.4 Å². The first-order chi connectivity index (χ1) is 14.4. The highest BCUT2D eigenvalue weighted by Gasteiger charge is 2.47. The molecule has 2 aromatic rings. The zero-order valence-electron chi connectivity index (χ0n) is 17.8. The fourth-order valence-corrected chi connectivity index (χ4v) is 5.35. The summed E-state index contributed by atoms with van der Waals surface area (Å²) in [6, 6.07) is 8.50. The Balaban J connectivity index is 1.57. The van der Waals surface area contributed by atoms with E-state index in [-0.39, 0.29) is 5.78 Å². The number of aryl methyl sites for hydroxylation is 1. The number of nitrogens with zero attached hydrogens (tertiary/aromatic N) is 3. The van der Waals surface area contributed by atoms with Crippen LogP contribution in [0.3, 0.4) is 0 Å². The van der Waals surface area contributed by atoms with Crippen LogP contribution in [-0.4, -0.2) is 40.2 Å². The molecule has 0 spiro atoms. The highest BCUT2D eigenvalue weighted by Crippen LogP contribution is 2.46. The molecule has 3 aliphatic rings. The SMILES string of the molecule is Cc1cc2c3c(c1)C(CN1CCCCC1c1cccnc1)=CC(C)(C)N3C(=O)C2=O. The molecule has 1 atom stereocenters. The van der Waals surface area contributed by atoms with Gasteiger partial charge in [-0.1, -0.05) is 18.6 Å². The highest BCUT2D eigenvalue weighted by atomic mass is 16.2. The van der Waals surface area contributed by atoms with Gasteiger partial charge in [0.15, 0.2) is 0 Å². The average molecular weight is 402 g/mol. The van der Waals surface area contributed by atoms with Gasteiger partial charge in [0, 0.05) is 30.5 Å². The molecule has 1 aromatic carbocycles. The van der Waals surface area contributed by atoms with E-state index in [2.05, 4.69) is 28.1 Å². The van der Waals surface area contributed by atoms with Gasteiger partial charge in [-0.15, -0.1) is 0 Å². The van der Waals surface area contributed by atoms with Gasteiger partial charge in [0.05, 0.1) is 16.8 Å². The average Bonchev–Trinajstić information content (AvgIpc) is 2.99. The zero-order chi connectivity index (χ0) is 21.0. The number of benzene rings is 1. The van der Waals surface area contributed by atoms with Gasteiger partial charge in [-0.3, -0.25) is 24.4 Å². The molecule has 30 heavy (non-hydrogen) atoms. The van der Waals surface area contributed by atoms with Crippen molar-refractivity contribution in [1.29, 1.82) is 0 Å². The van der Waals surface area contributed by atoms with Crippen LogP contribution in [0.4, 0.5) is 5.69 Å². The number of piperidine rings is 1. The minimum Gasteiger partial charge on any atom is -0.295 e. The number of likely N-dealkylation sites (tertiary alicyclic amines) is 1. The Kier molecular flexibility index (Phi) is 4.40. The summed E-state index contributed by atoms with van der Waals surface area (Å²) in [5, 5.41) is 0. The van der Waals surface area contributed by atoms with Crippen molar-refractivity contribution < 1.29 is 9.59 Å². The van der Waals surface area contributed by atoms with Gasteiger partial charge in [0.2, 0.25) is 0 Å². The van der Waals surface area contributed by atoms with Crippen molar-refractivity contribution >= 4 is 23.0 Å². The third kappa shape index (κ3) is 2.91. The van der Waals surface area contributed by atoms with Crippen LogP contribution < -0.4 is 4.90 Å². The van der Waals surface area contributed by atoms with Crippen LogP contribution in [-0.2, 0) is 4.79 Å². The van der Waals surface area contributed by atoms with Crippen LogP contribution in [0.5, 0.6) is 0 Å². The molecule has 3 aliphatic heterocycles. The molecule has 4 heterocycles. The Morgan fingerprint density at radius 3 is 2.73 bits per heavy atom. The summed E-state index contributed by atoms with van der Waals surface area (Å²) in [5.41, 5.74) is 5.32. The number of aromatic nitrogens is 1. The van der Waals surface area contributed by atoms with Crippen LogP contribution in [0.1, 0.15) is 66.2 Å². The zero-order valence-corrected chi connectivity index (χ0v) is 17.8. The third-order valence-corrected chi connectivity index (χ3v) is 6.63. The van der Waals surface area contributed by atoms with Gasteiger partial charge < -0.3 is 0 Å². The van der Waals surface area contributed by atoms with Gasteiger partial charge >= 0.3 is 0 Å². The van der Waals surface area contributed by atoms with Crippen LogP contribution in [0.15, 0.2) is 42.7 Å². The number of amides is 1. The molecule has 5 heteroatoms. The molecular formula is C25H27N3O2. The highest BCUT2D eigenvalue weighted by molar-refractivity contribution is 6.53. The molecule has 1 saturated heterocycles. The van der Waals surface area contributed by atoms with Crippen LogP contribution in [0.25, 0.3) is 5.57 Å². The molecule has 1 amide bonds. The predicted molar refractivity (Wildman–Crippen MR) is 117 cm³/mol. The standard InChI is InChI=1S/C25H27N3O2/c1-16-11-19-18(13-25(2,3)28-22(19)20(12-16)23(29)24(28)30)15-27-10-5-4-8-21(27)17-7-6-9-26-14-17/h6-7,9,11-14,21H,4-5,8,10,15H2,1-3H3. The maximum absolute atomic E-state index is 12.8. The summed E-state index contributed by atoms with van der Waals surface area (Å²) in [5.74, 6) is -0.799. The van der Waals surface area contributed by atoms with E-state index in [1.807, 2.05) is 45.3 Å². The van der Waals surface area contributed by atoms with Crippen molar-refractivity contribution in [3.8, 4) is 0 Å². The Hall–Kier alpha value is -2.79. The van der Waals surface area contributed by atoms with Gasteiger partial charge in [-0.25, -0.2) is 0 Å². The minimum atomic E-state index is -0.533. The summed E-state index contributed by atoms with van der Waals surface area (Å²) in [6.07, 6.45) is 9.51. The first-order valence-corrected chi connectivity index (χ1v) is 10.8. The Morgan fingerprint density at radius 1 is 1.17 bits per heavy atom. The molecular weight excluding hydrogens is 374 g/mol. The number of hydrogen-bond acceptors (Lipinski definition) is 4. The first kappa shape index (κ1) is 19.2. The molecule has 0 saturated carbocycles. The summed E-state index contributed by atoms with van der Waals surface area (Å²) in [6.45, 7) is 7.87. The number of pyridine rings is 1. The predicted octanol–water partition coefficient (Wildman–Crippen LogP) is 4.32. The number of carbonyl (C=O) groups excluding carboxylic acids is 2. The molecule has 154 valence electrons. The van der Waals surface area contributed by atoms with E-state index in [1.165, 1.54) is 24.0 Å². The lowest BCUT2D eigenvalue weighted by molar-refractivity contribution is -0.115. The van der Waals surface area contributed by atoms with Crippen molar-refractivity contribution in [2.75, 3.05) is 18.0 Å². The number of Topliss-reactive ketones (excluding diaryl/α,β-unsaturated/α-hetero) is 1. The Labute approximate surface area is 177 Å². The minimum absolute atomic E-state index is 0.343. The number of carbonyl (C=O) groups is 2. The van der Waals surface area contributed by atoms with Gasteiger partial charge in [-0.05, 0) is 75.1 Å². The normalized spacial score (nSPS) is 22.8. The molecule has 5 nitrogen and oxygen atoms in total. The molecule has 5 rings (SSSR count). The van der Waals surface area contributed by atoms with E-state index in [0.717, 1.165) is 36.3 Å². The van der Waals surface area contributed by atoms with Crippen molar-refractivity contribution in [2.45, 2.75) is 51.6 Å². The molecule has 0 bridgehead atoms. The second kappa shape index (κ2) is 6.88. The number of rotatable bonds is 3. The lowest BCUT2D eigenvalue weighted by atomic mass is 9.86. The maximum atomic E-state index is 12.8. The van der Waals surface area contributed by atoms with Crippen molar-refractivity contribution in [3.05, 3.63) is 65.0 Å². The van der Waals surface area contributed by atoms with Crippen LogP contribution >= 0.6 is 0 Å². The van der Waals surface area contributed by atoms with E-state index in [0.29, 0.717) is 11.6 Å². The Morgan fingerprint density at radius 2 is 1.97 bits per heavy atom. The molecule has 1 fully saturated rings. The van der Waals surface area contributed by atoms with Gasteiger partial charge in [0.25, 0.3) is 11.7 Å². The second-order valence-electron chi connectivity index (χ2n) is 9.27. The smallest absolute Gasteiger partial charge is 0.295 e. The fourth-order valence-electron chi connectivity index (χ4n) is 5.35. The van der Waals surface area contributed by atoms with Crippen molar-refractivity contribution in [1.82, 2.24) is 9.88 Å². The third-order valence-electron chi connectivity index (χ3n) is 6.63. The molecule has 0 N–H and O–H groups in total. The number of anilines is 1. The maximum Gasteiger partial charge on any atom is 0.300 e. The van der Waals surface area contributed by atoms with Crippen molar-refractivity contribution in [3.63, 3.8) is 0 Å². The lowest BCUT2D eigenvalue weighted by Gasteiger charge is -2.42. The van der Waals surface area contributed by atoms with E-state index in [4.69, 9.17) is 0 Å². The van der Waals surface area contributed by atoms with Crippen LogP contribution in [0, 0.1) is 6.92 Å². The Bertz CT molecular complexity index is 1070. The fraction of sp³-hybridized carbons (Fsp3) is 0.400.